The Balaban J connectivity index is 1.93. The maximum absolute atomic E-state index is 14.2. The van der Waals surface area contributed by atoms with E-state index in [1.165, 1.54) is 15.9 Å². The number of fused-ring (bicyclic) bond motifs is 1. The number of hydrogen-bond donors (Lipinski definition) is 2. The maximum Gasteiger partial charge on any atom is 0.246 e. The Morgan fingerprint density at radius 2 is 1.66 bits per heavy atom. The minimum absolute atomic E-state index is 0.139. The highest BCUT2D eigenvalue weighted by atomic mass is 16.5. The summed E-state index contributed by atoms with van der Waals surface area (Å²) in [6.45, 7) is 3.93. The van der Waals surface area contributed by atoms with E-state index < -0.39 is 17.5 Å². The summed E-state index contributed by atoms with van der Waals surface area (Å²) < 4.78 is 5.25. The van der Waals surface area contributed by atoms with Crippen molar-refractivity contribution in [2.45, 2.75) is 44.2 Å². The van der Waals surface area contributed by atoms with Gasteiger partial charge < -0.3 is 25.6 Å². The highest BCUT2D eigenvalue weighted by molar-refractivity contribution is 5.93. The lowest BCUT2D eigenvalue weighted by Crippen LogP contribution is -2.50. The molecule has 8 nitrogen and oxygen atoms in total. The highest BCUT2D eigenvalue weighted by Gasteiger charge is 2.33. The van der Waals surface area contributed by atoms with Crippen LogP contribution in [0.4, 0.5) is 0 Å². The molecule has 218 valence electrons. The van der Waals surface area contributed by atoms with Gasteiger partial charge in [-0.1, -0.05) is 60.7 Å². The van der Waals surface area contributed by atoms with Gasteiger partial charge in [-0.25, -0.2) is 0 Å². The van der Waals surface area contributed by atoms with Crippen LogP contribution in [-0.4, -0.2) is 73.9 Å². The molecule has 0 aliphatic carbocycles. The molecule has 3 rings (SSSR count). The molecule has 0 bridgehead atoms. The maximum atomic E-state index is 14.2. The van der Waals surface area contributed by atoms with Crippen LogP contribution in [0.25, 0.3) is 10.8 Å². The normalized spacial score (nSPS) is 13.0. The van der Waals surface area contributed by atoms with E-state index in [0.29, 0.717) is 18.6 Å². The van der Waals surface area contributed by atoms with E-state index in [1.807, 2.05) is 80.6 Å². The highest BCUT2D eigenvalue weighted by Crippen LogP contribution is 2.26. The number of amides is 3. The molecule has 0 saturated carbocycles. The van der Waals surface area contributed by atoms with E-state index in [0.717, 1.165) is 21.9 Å². The molecule has 3 aromatic rings. The average molecular weight is 559 g/mol. The van der Waals surface area contributed by atoms with Crippen LogP contribution in [0.1, 0.15) is 37.3 Å². The van der Waals surface area contributed by atoms with E-state index in [1.54, 1.807) is 34.3 Å². The van der Waals surface area contributed by atoms with Crippen molar-refractivity contribution in [1.29, 1.82) is 0 Å². The summed E-state index contributed by atoms with van der Waals surface area (Å²) in [5.41, 5.74) is 7.27. The first kappa shape index (κ1) is 31.4. The predicted octanol–water partition coefficient (Wildman–Crippen LogP) is 3.89. The Kier molecular flexibility index (Phi) is 10.7. The van der Waals surface area contributed by atoms with Crippen LogP contribution >= 0.6 is 0 Å². The third kappa shape index (κ3) is 8.66. The van der Waals surface area contributed by atoms with E-state index in [2.05, 4.69) is 5.32 Å². The Bertz CT molecular complexity index is 1380. The average Bonchev–Trinajstić information content (AvgIpc) is 2.96. The Morgan fingerprint density at radius 1 is 1.00 bits per heavy atom. The zero-order valence-corrected chi connectivity index (χ0v) is 24.9. The van der Waals surface area contributed by atoms with Gasteiger partial charge in [0.05, 0.1) is 13.0 Å². The van der Waals surface area contributed by atoms with Crippen molar-refractivity contribution in [3.63, 3.8) is 0 Å². The number of nitrogens with zero attached hydrogens (tertiary/aromatic N) is 2. The van der Waals surface area contributed by atoms with Gasteiger partial charge in [-0.2, -0.15) is 0 Å². The lowest BCUT2D eigenvalue weighted by molar-refractivity contribution is -0.140. The van der Waals surface area contributed by atoms with Gasteiger partial charge in [0.25, 0.3) is 0 Å². The van der Waals surface area contributed by atoms with Gasteiger partial charge in [-0.3, -0.25) is 14.4 Å². The minimum atomic E-state index is -0.753. The van der Waals surface area contributed by atoms with Crippen molar-refractivity contribution < 1.29 is 19.1 Å². The van der Waals surface area contributed by atoms with Crippen molar-refractivity contribution in [2.75, 3.05) is 34.8 Å². The van der Waals surface area contributed by atoms with Gasteiger partial charge >= 0.3 is 0 Å². The fraction of sp³-hybridized carbons (Fsp3) is 0.364. The lowest BCUT2D eigenvalue weighted by Gasteiger charge is -2.32. The van der Waals surface area contributed by atoms with Crippen LogP contribution in [0.2, 0.25) is 0 Å². The standard InChI is InChI=1S/C33H42N4O4/c1-33(2,34)19-9-12-30(38)36(4)22-28(26-16-15-24-10-7-8-11-25(24)21-26)32(40)37(5)29(31(39)35-3)20-23-13-17-27(41-6)18-14-23/h7-18,21,28-29H,19-20,22,34H2,1-6H3,(H,35,39)/b12-9+/t28?,29-/m1/s1. The van der Waals surface area contributed by atoms with Gasteiger partial charge in [0.15, 0.2) is 0 Å². The number of ether oxygens (including phenoxy) is 1. The first-order valence-electron chi connectivity index (χ1n) is 13.7. The topological polar surface area (TPSA) is 105 Å². The Morgan fingerprint density at radius 3 is 2.27 bits per heavy atom. The second-order valence-corrected chi connectivity index (χ2v) is 11.1. The van der Waals surface area contributed by atoms with E-state index in [-0.39, 0.29) is 24.3 Å². The smallest absolute Gasteiger partial charge is 0.246 e. The van der Waals surface area contributed by atoms with Crippen LogP contribution < -0.4 is 15.8 Å². The van der Waals surface area contributed by atoms with E-state index in [9.17, 15) is 14.4 Å². The minimum Gasteiger partial charge on any atom is -0.497 e. The first-order valence-corrected chi connectivity index (χ1v) is 13.7. The summed E-state index contributed by atoms with van der Waals surface area (Å²) in [4.78, 5) is 43.2. The van der Waals surface area contributed by atoms with Crippen LogP contribution in [0, 0.1) is 0 Å². The van der Waals surface area contributed by atoms with Crippen molar-refractivity contribution in [3.05, 3.63) is 90.0 Å². The van der Waals surface area contributed by atoms with Crippen molar-refractivity contribution >= 4 is 28.5 Å². The molecule has 0 aromatic heterocycles. The molecule has 3 amide bonds. The third-order valence-electron chi connectivity index (χ3n) is 7.16. The van der Waals surface area contributed by atoms with E-state index in [4.69, 9.17) is 10.5 Å². The molecule has 0 heterocycles. The Labute approximate surface area is 243 Å². The predicted molar refractivity (Wildman–Crippen MR) is 164 cm³/mol. The number of carbonyl (C=O) groups is 3. The molecular formula is C33H42N4O4. The van der Waals surface area contributed by atoms with Crippen LogP contribution in [0.3, 0.4) is 0 Å². The van der Waals surface area contributed by atoms with Crippen molar-refractivity contribution in [3.8, 4) is 5.75 Å². The summed E-state index contributed by atoms with van der Waals surface area (Å²) in [6.07, 6.45) is 4.12. The molecule has 0 aliphatic rings. The summed E-state index contributed by atoms with van der Waals surface area (Å²) in [7, 11) is 6.47. The molecule has 41 heavy (non-hydrogen) atoms. The van der Waals surface area contributed by atoms with Gasteiger partial charge in [-0.05, 0) is 60.4 Å². The molecule has 8 heteroatoms. The molecule has 1 unspecified atom stereocenters. The zero-order chi connectivity index (χ0) is 30.2. The van der Waals surface area contributed by atoms with Crippen molar-refractivity contribution in [2.24, 2.45) is 5.73 Å². The number of likely N-dealkylation sites (N-methyl/N-ethyl adjacent to an activating group) is 3. The zero-order valence-electron chi connectivity index (χ0n) is 24.9. The Hall–Kier alpha value is -4.17. The molecule has 0 fully saturated rings. The molecule has 0 spiro atoms. The van der Waals surface area contributed by atoms with Crippen molar-refractivity contribution in [1.82, 2.24) is 15.1 Å². The number of hydrogen-bond acceptors (Lipinski definition) is 5. The molecule has 0 aliphatic heterocycles. The molecular weight excluding hydrogens is 516 g/mol. The number of nitrogens with one attached hydrogen (secondary N) is 1. The molecule has 0 radical (unpaired) electrons. The lowest BCUT2D eigenvalue weighted by atomic mass is 9.93. The monoisotopic (exact) mass is 558 g/mol. The summed E-state index contributed by atoms with van der Waals surface area (Å²) in [5, 5.41) is 4.74. The number of methoxy groups -OCH3 is 1. The van der Waals surface area contributed by atoms with Gasteiger partial charge in [-0.15, -0.1) is 0 Å². The fourth-order valence-corrected chi connectivity index (χ4v) is 4.66. The number of nitrogens with two attached hydrogens (primary N) is 1. The van der Waals surface area contributed by atoms with Crippen LogP contribution in [0.5, 0.6) is 5.75 Å². The van der Waals surface area contributed by atoms with Gasteiger partial charge in [0.1, 0.15) is 11.8 Å². The quantitative estimate of drug-likeness (QED) is 0.328. The summed E-state index contributed by atoms with van der Waals surface area (Å²) in [5.74, 6) is -0.736. The second-order valence-electron chi connectivity index (χ2n) is 11.1. The van der Waals surface area contributed by atoms with Gasteiger partial charge in [0.2, 0.25) is 17.7 Å². The SMILES string of the molecule is CNC(=O)[C@@H](Cc1ccc(OC)cc1)N(C)C(=O)C(CN(C)C(=O)/C=C/CC(C)(C)N)c1ccc2ccccc2c1. The number of benzene rings is 3. The summed E-state index contributed by atoms with van der Waals surface area (Å²) in [6, 6.07) is 20.5. The van der Waals surface area contributed by atoms with Crippen LogP contribution in [-0.2, 0) is 20.8 Å². The largest absolute Gasteiger partial charge is 0.497 e. The molecule has 2 atom stereocenters. The number of carbonyl (C=O) groups excluding carboxylic acids is 3. The van der Waals surface area contributed by atoms with Crippen LogP contribution in [0.15, 0.2) is 78.9 Å². The molecule has 3 N–H and O–H groups in total. The number of rotatable bonds is 12. The summed E-state index contributed by atoms with van der Waals surface area (Å²) >= 11 is 0. The molecule has 0 saturated heterocycles. The third-order valence-corrected chi connectivity index (χ3v) is 7.16. The van der Waals surface area contributed by atoms with E-state index >= 15 is 0 Å². The first-order chi connectivity index (χ1) is 19.4. The fourth-order valence-electron chi connectivity index (χ4n) is 4.66. The molecule has 3 aromatic carbocycles. The second kappa shape index (κ2) is 13.9. The van der Waals surface area contributed by atoms with Gasteiger partial charge in [0, 0.05) is 39.6 Å².